The van der Waals surface area contributed by atoms with E-state index >= 15 is 0 Å². The highest BCUT2D eigenvalue weighted by atomic mass is 32.1. The predicted octanol–water partition coefficient (Wildman–Crippen LogP) is 3.62. The molecule has 2 aromatic carbocycles. The Morgan fingerprint density at radius 1 is 0.920 bits per heavy atom. The average Bonchev–Trinajstić information content (AvgIpc) is 3.34. The Morgan fingerprint density at radius 2 is 1.64 bits per heavy atom. The molecule has 7 nitrogen and oxygen atoms in total. The van der Waals surface area contributed by atoms with E-state index in [1.165, 1.54) is 23.7 Å². The Bertz CT molecular complexity index is 1030. The van der Waals surface area contributed by atoms with Gasteiger partial charge in [-0.3, -0.25) is 0 Å². The summed E-state index contributed by atoms with van der Waals surface area (Å²) in [6.07, 6.45) is 0. The molecule has 0 aliphatic heterocycles. The summed E-state index contributed by atoms with van der Waals surface area (Å²) in [6.45, 7) is 0. The van der Waals surface area contributed by atoms with E-state index in [9.17, 15) is 4.79 Å². The summed E-state index contributed by atoms with van der Waals surface area (Å²) in [6, 6.07) is 13.9. The van der Waals surface area contributed by atoms with Crippen molar-refractivity contribution < 1.29 is 14.3 Å². The summed E-state index contributed by atoms with van der Waals surface area (Å²) < 4.78 is 9.52. The van der Waals surface area contributed by atoms with E-state index < -0.39 is 5.97 Å². The predicted molar refractivity (Wildman–Crippen MR) is 91.0 cm³/mol. The van der Waals surface area contributed by atoms with Crippen LogP contribution in [0.15, 0.2) is 58.3 Å². The highest BCUT2D eigenvalue weighted by molar-refractivity contribution is 7.03. The first-order chi connectivity index (χ1) is 12.2. The topological polar surface area (TPSA) is 102 Å². The van der Waals surface area contributed by atoms with Crippen LogP contribution in [0.2, 0.25) is 0 Å². The van der Waals surface area contributed by atoms with Gasteiger partial charge in [-0.05, 0) is 41.9 Å². The molecule has 8 heteroatoms. The zero-order valence-corrected chi connectivity index (χ0v) is 13.5. The second kappa shape index (κ2) is 6.25. The molecule has 2 aromatic heterocycles. The zero-order chi connectivity index (χ0) is 17.2. The lowest BCUT2D eigenvalue weighted by atomic mass is 10.1. The van der Waals surface area contributed by atoms with Crippen molar-refractivity contribution in [1.82, 2.24) is 19.8 Å². The highest BCUT2D eigenvalue weighted by Gasteiger charge is 2.13. The summed E-state index contributed by atoms with van der Waals surface area (Å²) in [5, 5.41) is 23.0. The highest BCUT2D eigenvalue weighted by Crippen LogP contribution is 2.26. The number of benzene rings is 2. The SMILES string of the molecule is O=C(O)c1cccc(-c2nnc(-c3ccc(-c4csnn4)cc3)o2)c1. The minimum Gasteiger partial charge on any atom is -0.478 e. The van der Waals surface area contributed by atoms with Crippen molar-refractivity contribution in [2.75, 3.05) is 0 Å². The number of carbonyl (C=O) groups is 1. The largest absolute Gasteiger partial charge is 0.478 e. The Labute approximate surface area is 145 Å². The zero-order valence-electron chi connectivity index (χ0n) is 12.7. The molecule has 0 aliphatic rings. The summed E-state index contributed by atoms with van der Waals surface area (Å²) in [7, 11) is 0. The van der Waals surface area contributed by atoms with Crippen molar-refractivity contribution in [2.45, 2.75) is 0 Å². The van der Waals surface area contributed by atoms with Crippen LogP contribution in [0.25, 0.3) is 34.2 Å². The van der Waals surface area contributed by atoms with Gasteiger partial charge in [-0.15, -0.1) is 15.3 Å². The van der Waals surface area contributed by atoms with E-state index in [0.29, 0.717) is 11.5 Å². The normalized spacial score (nSPS) is 10.7. The molecule has 4 aromatic rings. The molecule has 0 atom stereocenters. The fourth-order valence-corrected chi connectivity index (χ4v) is 2.78. The minimum atomic E-state index is -1.01. The van der Waals surface area contributed by atoms with E-state index in [2.05, 4.69) is 19.8 Å². The van der Waals surface area contributed by atoms with Gasteiger partial charge in [-0.2, -0.15) is 0 Å². The van der Waals surface area contributed by atoms with Crippen molar-refractivity contribution in [2.24, 2.45) is 0 Å². The summed E-state index contributed by atoms with van der Waals surface area (Å²) in [5.41, 5.74) is 3.25. The third-order valence-electron chi connectivity index (χ3n) is 3.57. The summed E-state index contributed by atoms with van der Waals surface area (Å²) in [5.74, 6) is -0.377. The second-order valence-corrected chi connectivity index (χ2v) is 5.78. The number of nitrogens with zero attached hydrogens (tertiary/aromatic N) is 4. The fourth-order valence-electron chi connectivity index (χ4n) is 2.32. The number of aromatic nitrogens is 4. The van der Waals surface area contributed by atoms with Crippen molar-refractivity contribution in [3.63, 3.8) is 0 Å². The molecule has 0 fully saturated rings. The molecule has 0 saturated heterocycles. The maximum absolute atomic E-state index is 11.1. The molecule has 4 rings (SSSR count). The van der Waals surface area contributed by atoms with Gasteiger partial charge in [0, 0.05) is 22.1 Å². The van der Waals surface area contributed by atoms with Crippen molar-refractivity contribution in [1.29, 1.82) is 0 Å². The lowest BCUT2D eigenvalue weighted by Crippen LogP contribution is -1.95. The van der Waals surface area contributed by atoms with Crippen LogP contribution < -0.4 is 0 Å². The van der Waals surface area contributed by atoms with E-state index in [4.69, 9.17) is 9.52 Å². The first kappa shape index (κ1) is 15.2. The van der Waals surface area contributed by atoms with Gasteiger partial charge in [0.2, 0.25) is 11.8 Å². The van der Waals surface area contributed by atoms with E-state index in [0.717, 1.165) is 16.8 Å². The van der Waals surface area contributed by atoms with Crippen molar-refractivity contribution >= 4 is 17.5 Å². The summed E-state index contributed by atoms with van der Waals surface area (Å²) >= 11 is 1.30. The van der Waals surface area contributed by atoms with Gasteiger partial charge in [-0.1, -0.05) is 22.7 Å². The molecule has 0 unspecified atom stereocenters. The van der Waals surface area contributed by atoms with Crippen LogP contribution in [0, 0.1) is 0 Å². The van der Waals surface area contributed by atoms with Crippen LogP contribution in [0.3, 0.4) is 0 Å². The lowest BCUT2D eigenvalue weighted by Gasteiger charge is -1.99. The van der Waals surface area contributed by atoms with Gasteiger partial charge in [0.1, 0.15) is 5.69 Å². The molecule has 122 valence electrons. The Kier molecular flexibility index (Phi) is 3.79. The first-order valence-electron chi connectivity index (χ1n) is 7.26. The van der Waals surface area contributed by atoms with Crippen LogP contribution in [0.5, 0.6) is 0 Å². The van der Waals surface area contributed by atoms with Crippen LogP contribution in [-0.4, -0.2) is 30.9 Å². The first-order valence-corrected chi connectivity index (χ1v) is 8.09. The van der Waals surface area contributed by atoms with Gasteiger partial charge < -0.3 is 9.52 Å². The second-order valence-electron chi connectivity index (χ2n) is 5.17. The Balaban J connectivity index is 1.63. The molecule has 0 radical (unpaired) electrons. The number of rotatable bonds is 4. The molecule has 0 spiro atoms. The molecule has 0 bridgehead atoms. The third kappa shape index (κ3) is 3.02. The number of aromatic carboxylic acids is 1. The monoisotopic (exact) mass is 350 g/mol. The van der Waals surface area contributed by atoms with Crippen molar-refractivity contribution in [3.8, 4) is 34.2 Å². The maximum atomic E-state index is 11.1. The molecule has 0 aliphatic carbocycles. The smallest absolute Gasteiger partial charge is 0.335 e. The summed E-state index contributed by atoms with van der Waals surface area (Å²) in [4.78, 5) is 11.1. The van der Waals surface area contributed by atoms with Crippen molar-refractivity contribution in [3.05, 3.63) is 59.5 Å². The Hall–Kier alpha value is -3.39. The standard InChI is InChI=1S/C17H10N4O3S/c22-17(23)13-3-1-2-12(8-13)16-20-19-15(24-16)11-6-4-10(5-7-11)14-9-25-21-18-14/h1-9H,(H,22,23). The van der Waals surface area contributed by atoms with Gasteiger partial charge >= 0.3 is 5.97 Å². The number of hydrogen-bond acceptors (Lipinski definition) is 7. The lowest BCUT2D eigenvalue weighted by molar-refractivity contribution is 0.0697. The Morgan fingerprint density at radius 3 is 2.32 bits per heavy atom. The van der Waals surface area contributed by atoms with Gasteiger partial charge in [0.05, 0.1) is 5.56 Å². The van der Waals surface area contributed by atoms with Crippen LogP contribution in [0.1, 0.15) is 10.4 Å². The molecule has 2 heterocycles. The fraction of sp³-hybridized carbons (Fsp3) is 0. The van der Waals surface area contributed by atoms with Crippen LogP contribution in [-0.2, 0) is 0 Å². The average molecular weight is 350 g/mol. The molecule has 0 saturated carbocycles. The molecular formula is C17H10N4O3S. The molecular weight excluding hydrogens is 340 g/mol. The number of carboxylic acids is 1. The quantitative estimate of drug-likeness (QED) is 0.599. The molecule has 0 amide bonds. The van der Waals surface area contributed by atoms with Gasteiger partial charge in [0.25, 0.3) is 0 Å². The van der Waals surface area contributed by atoms with E-state index in [-0.39, 0.29) is 11.5 Å². The maximum Gasteiger partial charge on any atom is 0.335 e. The number of carboxylic acid groups (broad SMARTS) is 1. The molecule has 1 N–H and O–H groups in total. The minimum absolute atomic E-state index is 0.165. The third-order valence-corrected chi connectivity index (χ3v) is 4.07. The molecule has 25 heavy (non-hydrogen) atoms. The van der Waals surface area contributed by atoms with Crippen LogP contribution in [0.4, 0.5) is 0 Å². The van der Waals surface area contributed by atoms with Gasteiger partial charge in [-0.25, -0.2) is 4.79 Å². The van der Waals surface area contributed by atoms with E-state index in [1.807, 2.05) is 29.6 Å². The van der Waals surface area contributed by atoms with Gasteiger partial charge in [0.15, 0.2) is 0 Å². The number of hydrogen-bond donors (Lipinski definition) is 1. The van der Waals surface area contributed by atoms with Crippen LogP contribution >= 0.6 is 11.5 Å². The van der Waals surface area contributed by atoms with E-state index in [1.54, 1.807) is 12.1 Å².